The summed E-state index contributed by atoms with van der Waals surface area (Å²) in [5.74, 6) is 1.05. The molecular formula is C13H19B2N5. The standard InChI is InChI=1S/C13H19B2N5/c1-14-18(3)11-19(13-9-10-16-17-13)15(2)20(14)12-7-5-4-6-8-12/h4-10H,11H2,1-3H3,(H,16,17). The van der Waals surface area contributed by atoms with E-state index < -0.39 is 0 Å². The number of rotatable bonds is 2. The Balaban J connectivity index is 1.95. The zero-order chi connectivity index (χ0) is 14.1. The maximum Gasteiger partial charge on any atom is 0.362 e. The molecule has 1 aromatic carbocycles. The lowest BCUT2D eigenvalue weighted by molar-refractivity contribution is 0.524. The van der Waals surface area contributed by atoms with Crippen molar-refractivity contribution < 1.29 is 0 Å². The van der Waals surface area contributed by atoms with Gasteiger partial charge in [0.15, 0.2) is 0 Å². The zero-order valence-corrected chi connectivity index (χ0v) is 12.2. The molecule has 0 bridgehead atoms. The van der Waals surface area contributed by atoms with E-state index >= 15 is 0 Å². The summed E-state index contributed by atoms with van der Waals surface area (Å²) in [6, 6.07) is 12.6. The highest BCUT2D eigenvalue weighted by molar-refractivity contribution is 6.84. The van der Waals surface area contributed by atoms with Gasteiger partial charge in [-0.3, -0.25) is 5.10 Å². The third kappa shape index (κ3) is 2.18. The summed E-state index contributed by atoms with van der Waals surface area (Å²) in [5, 5.41) is 7.14. The van der Waals surface area contributed by atoms with Gasteiger partial charge in [0.25, 0.3) is 0 Å². The molecule has 7 heteroatoms. The predicted octanol–water partition coefficient (Wildman–Crippen LogP) is 1.86. The largest absolute Gasteiger partial charge is 0.429 e. The second-order valence-electron chi connectivity index (χ2n) is 5.32. The fourth-order valence-electron chi connectivity index (χ4n) is 2.87. The molecule has 102 valence electrons. The van der Waals surface area contributed by atoms with E-state index in [9.17, 15) is 0 Å². The van der Waals surface area contributed by atoms with Gasteiger partial charge in [0, 0.05) is 5.69 Å². The third-order valence-corrected chi connectivity index (χ3v) is 4.12. The van der Waals surface area contributed by atoms with Gasteiger partial charge in [-0.1, -0.05) is 25.0 Å². The Morgan fingerprint density at radius 3 is 2.50 bits per heavy atom. The van der Waals surface area contributed by atoms with Gasteiger partial charge < -0.3 is 14.3 Å². The number of aromatic nitrogens is 2. The highest BCUT2D eigenvalue weighted by Crippen LogP contribution is 2.25. The van der Waals surface area contributed by atoms with Crippen LogP contribution in [0.15, 0.2) is 42.6 Å². The normalized spacial score (nSPS) is 16.9. The van der Waals surface area contributed by atoms with Crippen molar-refractivity contribution in [3.63, 3.8) is 0 Å². The van der Waals surface area contributed by atoms with E-state index in [0.717, 1.165) is 12.5 Å². The number of benzene rings is 1. The van der Waals surface area contributed by atoms with Crippen molar-refractivity contribution in [1.82, 2.24) is 15.0 Å². The topological polar surface area (TPSA) is 38.4 Å². The first-order chi connectivity index (χ1) is 9.68. The second-order valence-corrected chi connectivity index (χ2v) is 5.32. The Morgan fingerprint density at radius 1 is 1.10 bits per heavy atom. The van der Waals surface area contributed by atoms with Gasteiger partial charge in [0.05, 0.1) is 12.9 Å². The van der Waals surface area contributed by atoms with Gasteiger partial charge >= 0.3 is 14.0 Å². The average Bonchev–Trinajstić information content (AvgIpc) is 2.98. The lowest BCUT2D eigenvalue weighted by atomic mass is 9.57. The zero-order valence-electron chi connectivity index (χ0n) is 12.2. The van der Waals surface area contributed by atoms with Crippen molar-refractivity contribution in [2.24, 2.45) is 0 Å². The molecule has 0 atom stereocenters. The summed E-state index contributed by atoms with van der Waals surface area (Å²) >= 11 is 0. The summed E-state index contributed by atoms with van der Waals surface area (Å²) in [6.07, 6.45) is 1.80. The van der Waals surface area contributed by atoms with Crippen molar-refractivity contribution in [1.29, 1.82) is 0 Å². The van der Waals surface area contributed by atoms with E-state index in [0.29, 0.717) is 6.98 Å². The van der Waals surface area contributed by atoms with Crippen LogP contribution in [0.5, 0.6) is 0 Å². The smallest absolute Gasteiger partial charge is 0.362 e. The molecular weight excluding hydrogens is 248 g/mol. The molecule has 2 aromatic rings. The molecule has 1 aliphatic rings. The number of nitrogens with one attached hydrogen (secondary N) is 1. The number of aromatic amines is 1. The minimum Gasteiger partial charge on any atom is -0.429 e. The van der Waals surface area contributed by atoms with E-state index in [2.05, 4.69) is 75.6 Å². The molecule has 0 unspecified atom stereocenters. The van der Waals surface area contributed by atoms with Crippen LogP contribution in [0.3, 0.4) is 0 Å². The van der Waals surface area contributed by atoms with Crippen LogP contribution in [0.2, 0.25) is 13.6 Å². The minimum absolute atomic E-state index is 0.268. The molecule has 0 spiro atoms. The number of nitrogens with zero attached hydrogens (tertiary/aromatic N) is 4. The molecule has 0 aliphatic carbocycles. The molecule has 0 amide bonds. The first-order valence-corrected chi connectivity index (χ1v) is 6.98. The molecule has 1 aromatic heterocycles. The molecule has 1 N–H and O–H groups in total. The van der Waals surface area contributed by atoms with Crippen LogP contribution in [0.25, 0.3) is 0 Å². The molecule has 2 heterocycles. The Labute approximate surface area is 120 Å². The van der Waals surface area contributed by atoms with Gasteiger partial charge in [-0.2, -0.15) is 5.10 Å². The minimum atomic E-state index is 0.268. The maximum absolute atomic E-state index is 4.07. The number of hydrogen-bond acceptors (Lipinski definition) is 4. The number of anilines is 2. The lowest BCUT2D eigenvalue weighted by Gasteiger charge is -2.49. The Kier molecular flexibility index (Phi) is 3.44. The van der Waals surface area contributed by atoms with Crippen LogP contribution in [0, 0.1) is 0 Å². The van der Waals surface area contributed by atoms with Gasteiger partial charge in [0.1, 0.15) is 5.82 Å². The fourth-order valence-corrected chi connectivity index (χ4v) is 2.87. The quantitative estimate of drug-likeness (QED) is 0.843. The van der Waals surface area contributed by atoms with Gasteiger partial charge in [-0.15, -0.1) is 0 Å². The summed E-state index contributed by atoms with van der Waals surface area (Å²) in [4.78, 5) is 4.65. The summed E-state index contributed by atoms with van der Waals surface area (Å²) in [6.45, 7) is 5.98. The van der Waals surface area contributed by atoms with Crippen LogP contribution in [-0.4, -0.2) is 42.7 Å². The van der Waals surface area contributed by atoms with Gasteiger partial charge in [-0.05, 0) is 32.1 Å². The van der Waals surface area contributed by atoms with E-state index in [1.807, 2.05) is 6.07 Å². The molecule has 3 rings (SSSR count). The fraction of sp³-hybridized carbons (Fsp3) is 0.308. The summed E-state index contributed by atoms with van der Waals surface area (Å²) < 4.78 is 2.42. The lowest BCUT2D eigenvalue weighted by Crippen LogP contribution is -2.69. The molecule has 20 heavy (non-hydrogen) atoms. The van der Waals surface area contributed by atoms with E-state index in [1.54, 1.807) is 6.20 Å². The third-order valence-electron chi connectivity index (χ3n) is 4.12. The van der Waals surface area contributed by atoms with Crippen molar-refractivity contribution in [2.45, 2.75) is 13.6 Å². The highest BCUT2D eigenvalue weighted by atomic mass is 15.4. The summed E-state index contributed by atoms with van der Waals surface area (Å²) in [7, 11) is 2.15. The van der Waals surface area contributed by atoms with E-state index in [1.165, 1.54) is 5.69 Å². The molecule has 1 saturated heterocycles. The first kappa shape index (κ1) is 13.1. The van der Waals surface area contributed by atoms with Crippen molar-refractivity contribution in [3.05, 3.63) is 42.6 Å². The van der Waals surface area contributed by atoms with Crippen LogP contribution in [0.4, 0.5) is 11.5 Å². The van der Waals surface area contributed by atoms with Crippen molar-refractivity contribution in [3.8, 4) is 0 Å². The van der Waals surface area contributed by atoms with Gasteiger partial charge in [-0.25, -0.2) is 0 Å². The van der Waals surface area contributed by atoms with Crippen LogP contribution in [-0.2, 0) is 0 Å². The van der Waals surface area contributed by atoms with Gasteiger partial charge in [0.2, 0.25) is 0 Å². The van der Waals surface area contributed by atoms with Crippen LogP contribution in [0.1, 0.15) is 0 Å². The average molecular weight is 267 g/mol. The second kappa shape index (κ2) is 5.25. The SMILES string of the molecule is CB1N(C)CN(c2ccn[nH]2)B(C)N1c1ccccc1. The predicted molar refractivity (Wildman–Crippen MR) is 85.9 cm³/mol. The van der Waals surface area contributed by atoms with Crippen LogP contribution >= 0.6 is 0 Å². The number of hydrogen-bond donors (Lipinski definition) is 1. The molecule has 1 aliphatic heterocycles. The molecule has 1 fully saturated rings. The Bertz CT molecular complexity index is 547. The first-order valence-electron chi connectivity index (χ1n) is 6.98. The van der Waals surface area contributed by atoms with Crippen molar-refractivity contribution in [2.75, 3.05) is 23.2 Å². The van der Waals surface area contributed by atoms with Crippen molar-refractivity contribution >= 4 is 25.5 Å². The van der Waals surface area contributed by atoms with Crippen LogP contribution < -0.4 is 9.53 Å². The number of para-hydroxylation sites is 1. The maximum atomic E-state index is 4.07. The monoisotopic (exact) mass is 267 g/mol. The molecule has 0 radical (unpaired) electrons. The molecule has 0 saturated carbocycles. The highest BCUT2D eigenvalue weighted by Gasteiger charge is 2.40. The van der Waals surface area contributed by atoms with E-state index in [4.69, 9.17) is 0 Å². The molecule has 5 nitrogen and oxygen atoms in total. The number of H-pyrrole nitrogens is 1. The summed E-state index contributed by atoms with van der Waals surface area (Å²) in [5.41, 5.74) is 1.24. The Morgan fingerprint density at radius 2 is 1.85 bits per heavy atom. The van der Waals surface area contributed by atoms with E-state index in [-0.39, 0.29) is 6.98 Å². The Hall–Kier alpha value is -1.88.